The maximum Gasteiger partial charge on any atom is 0.150 e. The summed E-state index contributed by atoms with van der Waals surface area (Å²) in [6.45, 7) is -0.0944. The molecule has 1 aromatic carbocycles. The second kappa shape index (κ2) is 4.51. The molecule has 98 valence electrons. The summed E-state index contributed by atoms with van der Waals surface area (Å²) < 4.78 is 27.6. The first-order valence-corrected chi connectivity index (χ1v) is 5.34. The molecule has 1 aromatic rings. The Balaban J connectivity index is 2.38. The first-order chi connectivity index (χ1) is 8.40. The highest BCUT2D eigenvalue weighted by Gasteiger charge is 2.32. The third kappa shape index (κ3) is 2.14. The smallest absolute Gasteiger partial charge is 0.150 e. The van der Waals surface area contributed by atoms with Gasteiger partial charge < -0.3 is 20.8 Å². The second-order valence-electron chi connectivity index (χ2n) is 4.24. The van der Waals surface area contributed by atoms with Gasteiger partial charge in [0.1, 0.15) is 23.2 Å². The predicted molar refractivity (Wildman–Crippen MR) is 61.6 cm³/mol. The fourth-order valence-corrected chi connectivity index (χ4v) is 1.98. The summed E-state index contributed by atoms with van der Waals surface area (Å²) in [6.07, 6.45) is -2.06. The van der Waals surface area contributed by atoms with E-state index in [9.17, 15) is 19.0 Å². The molecule has 2 atom stereocenters. The number of rotatable bonds is 2. The van der Waals surface area contributed by atoms with Crippen molar-refractivity contribution in [2.75, 3.05) is 18.0 Å². The van der Waals surface area contributed by atoms with Gasteiger partial charge >= 0.3 is 0 Å². The summed E-state index contributed by atoms with van der Waals surface area (Å²) in [7, 11) is 0. The highest BCUT2D eigenvalue weighted by Crippen LogP contribution is 2.28. The van der Waals surface area contributed by atoms with Crippen LogP contribution in [0.3, 0.4) is 0 Å². The van der Waals surface area contributed by atoms with Crippen molar-refractivity contribution < 1.29 is 19.0 Å². The lowest BCUT2D eigenvalue weighted by atomic mass is 10.1. The highest BCUT2D eigenvalue weighted by atomic mass is 19.1. The van der Waals surface area contributed by atoms with E-state index in [1.165, 1.54) is 4.90 Å². The molecule has 0 radical (unpaired) electrons. The van der Waals surface area contributed by atoms with Crippen molar-refractivity contribution in [3.63, 3.8) is 0 Å². The standard InChI is InChI=1S/C11H13F2N3O2/c12-6-1-5(11(14)15)2-7(13)10(6)16-3-8(17)9(18)4-16/h1-2,8-9,17-18H,3-4H2,(H3,14,15). The lowest BCUT2D eigenvalue weighted by molar-refractivity contribution is 0.0572. The Morgan fingerprint density at radius 3 is 2.06 bits per heavy atom. The number of hydrogen-bond acceptors (Lipinski definition) is 4. The van der Waals surface area contributed by atoms with Gasteiger partial charge in [-0.2, -0.15) is 0 Å². The molecule has 5 nitrogen and oxygen atoms in total. The van der Waals surface area contributed by atoms with Gasteiger partial charge in [-0.1, -0.05) is 0 Å². The second-order valence-corrected chi connectivity index (χ2v) is 4.24. The number of β-amino-alcohol motifs (C(OH)–C–C–N with tert-alkyl or cyclic N) is 2. The molecular weight excluding hydrogens is 244 g/mol. The van der Waals surface area contributed by atoms with Crippen LogP contribution in [0, 0.1) is 17.0 Å². The summed E-state index contributed by atoms with van der Waals surface area (Å²) in [5.74, 6) is -2.18. The number of nitrogens with zero attached hydrogens (tertiary/aromatic N) is 1. The number of nitrogens with one attached hydrogen (secondary N) is 1. The van der Waals surface area contributed by atoms with Gasteiger partial charge in [0.2, 0.25) is 0 Å². The van der Waals surface area contributed by atoms with E-state index in [1.54, 1.807) is 0 Å². The number of aliphatic hydroxyl groups is 2. The average Bonchev–Trinajstić information content (AvgIpc) is 2.57. The van der Waals surface area contributed by atoms with Gasteiger partial charge in [-0.15, -0.1) is 0 Å². The molecule has 0 aromatic heterocycles. The van der Waals surface area contributed by atoms with Gasteiger partial charge in [-0.3, -0.25) is 5.41 Å². The molecule has 0 spiro atoms. The Kier molecular flexibility index (Phi) is 3.18. The van der Waals surface area contributed by atoms with Crippen LogP contribution in [0.4, 0.5) is 14.5 Å². The van der Waals surface area contributed by atoms with E-state index in [-0.39, 0.29) is 24.3 Å². The van der Waals surface area contributed by atoms with E-state index in [2.05, 4.69) is 0 Å². The Morgan fingerprint density at radius 1 is 1.22 bits per heavy atom. The largest absolute Gasteiger partial charge is 0.389 e. The average molecular weight is 257 g/mol. The van der Waals surface area contributed by atoms with Crippen LogP contribution in [0.2, 0.25) is 0 Å². The van der Waals surface area contributed by atoms with Crippen LogP contribution in [-0.4, -0.2) is 41.3 Å². The van der Waals surface area contributed by atoms with Crippen LogP contribution in [0.15, 0.2) is 12.1 Å². The number of amidine groups is 1. The van der Waals surface area contributed by atoms with Crippen LogP contribution in [0.1, 0.15) is 5.56 Å². The molecule has 1 saturated heterocycles. The molecule has 1 fully saturated rings. The Bertz CT molecular complexity index is 462. The summed E-state index contributed by atoms with van der Waals surface area (Å²) >= 11 is 0. The number of nitrogens with two attached hydrogens (primary N) is 1. The molecule has 1 aliphatic heterocycles. The normalized spacial score (nSPS) is 23.4. The molecule has 2 unspecified atom stereocenters. The van der Waals surface area contributed by atoms with Crippen LogP contribution < -0.4 is 10.6 Å². The molecule has 1 aliphatic rings. The molecule has 0 amide bonds. The molecule has 5 N–H and O–H groups in total. The monoisotopic (exact) mass is 257 g/mol. The fraction of sp³-hybridized carbons (Fsp3) is 0.364. The van der Waals surface area contributed by atoms with E-state index >= 15 is 0 Å². The van der Waals surface area contributed by atoms with Crippen LogP contribution in [0.25, 0.3) is 0 Å². The molecular formula is C11H13F2N3O2. The zero-order valence-corrected chi connectivity index (χ0v) is 9.40. The van der Waals surface area contributed by atoms with Gasteiger partial charge in [-0.05, 0) is 12.1 Å². The minimum atomic E-state index is -1.03. The van der Waals surface area contributed by atoms with Crippen molar-refractivity contribution >= 4 is 11.5 Å². The first-order valence-electron chi connectivity index (χ1n) is 5.34. The molecule has 2 rings (SSSR count). The Hall–Kier alpha value is -1.73. The summed E-state index contributed by atoms with van der Waals surface area (Å²) in [5.41, 5.74) is 4.78. The van der Waals surface area contributed by atoms with Gasteiger partial charge in [0, 0.05) is 18.7 Å². The first kappa shape index (κ1) is 12.7. The number of anilines is 1. The SMILES string of the molecule is N=C(N)c1cc(F)c(N2CC(O)C(O)C2)c(F)c1. The third-order valence-corrected chi connectivity index (χ3v) is 2.90. The summed E-state index contributed by atoms with van der Waals surface area (Å²) in [5, 5.41) is 25.9. The molecule has 18 heavy (non-hydrogen) atoms. The van der Waals surface area contributed by atoms with E-state index in [4.69, 9.17) is 11.1 Å². The lowest BCUT2D eigenvalue weighted by Gasteiger charge is -2.19. The number of nitrogen functional groups attached to an aromatic ring is 1. The maximum atomic E-state index is 13.8. The maximum absolute atomic E-state index is 13.8. The molecule has 1 heterocycles. The number of hydrogen-bond donors (Lipinski definition) is 4. The Morgan fingerprint density at radius 2 is 1.67 bits per heavy atom. The van der Waals surface area contributed by atoms with E-state index < -0.39 is 29.7 Å². The minimum absolute atomic E-state index is 0.0472. The van der Waals surface area contributed by atoms with Crippen molar-refractivity contribution in [3.05, 3.63) is 29.3 Å². The zero-order valence-electron chi connectivity index (χ0n) is 9.40. The summed E-state index contributed by atoms with van der Waals surface area (Å²) in [6, 6.07) is 1.91. The number of aliphatic hydroxyl groups excluding tert-OH is 2. The zero-order chi connectivity index (χ0) is 13.4. The van der Waals surface area contributed by atoms with Crippen molar-refractivity contribution in [3.8, 4) is 0 Å². The molecule has 0 bridgehead atoms. The highest BCUT2D eigenvalue weighted by molar-refractivity contribution is 5.95. The van der Waals surface area contributed by atoms with Crippen molar-refractivity contribution in [1.29, 1.82) is 5.41 Å². The van der Waals surface area contributed by atoms with E-state index in [0.717, 1.165) is 12.1 Å². The van der Waals surface area contributed by atoms with Crippen molar-refractivity contribution in [2.24, 2.45) is 5.73 Å². The van der Waals surface area contributed by atoms with Gasteiger partial charge in [0.05, 0.1) is 12.2 Å². The fourth-order valence-electron chi connectivity index (χ4n) is 1.98. The molecule has 0 saturated carbocycles. The van der Waals surface area contributed by atoms with Gasteiger partial charge in [0.25, 0.3) is 0 Å². The topological polar surface area (TPSA) is 93.6 Å². The van der Waals surface area contributed by atoms with E-state index in [0.29, 0.717) is 0 Å². The van der Waals surface area contributed by atoms with Gasteiger partial charge in [0.15, 0.2) is 0 Å². The van der Waals surface area contributed by atoms with Crippen LogP contribution >= 0.6 is 0 Å². The number of benzene rings is 1. The van der Waals surface area contributed by atoms with E-state index in [1.807, 2.05) is 0 Å². The lowest BCUT2D eigenvalue weighted by Crippen LogP contribution is -2.24. The molecule has 0 aliphatic carbocycles. The van der Waals surface area contributed by atoms with Crippen LogP contribution in [-0.2, 0) is 0 Å². The predicted octanol–water partition coefficient (Wildman–Crippen LogP) is -0.209. The number of halogens is 2. The minimum Gasteiger partial charge on any atom is -0.389 e. The summed E-state index contributed by atoms with van der Waals surface area (Å²) in [4.78, 5) is 1.23. The van der Waals surface area contributed by atoms with Crippen molar-refractivity contribution in [2.45, 2.75) is 12.2 Å². The van der Waals surface area contributed by atoms with Crippen molar-refractivity contribution in [1.82, 2.24) is 0 Å². The van der Waals surface area contributed by atoms with Crippen LogP contribution in [0.5, 0.6) is 0 Å². The third-order valence-electron chi connectivity index (χ3n) is 2.90. The Labute approximate surface area is 102 Å². The van der Waals surface area contributed by atoms with Gasteiger partial charge in [-0.25, -0.2) is 8.78 Å². The molecule has 7 heteroatoms. The quantitative estimate of drug-likeness (QED) is 0.435.